The maximum atomic E-state index is 11.2. The molecule has 0 saturated heterocycles. The van der Waals surface area contributed by atoms with Gasteiger partial charge in [0.15, 0.2) is 0 Å². The summed E-state index contributed by atoms with van der Waals surface area (Å²) in [5.41, 5.74) is 5.03. The summed E-state index contributed by atoms with van der Waals surface area (Å²) in [5.74, 6) is 3.34. The average molecular weight is 1190 g/mol. The standard InChI is InChI=1S/C75H95N5O8/c1-10-14-18-22-26-30-37-85-70-44-57(35-34-36-76)68(81-6)45-59(70)42-62(54-79)66-51-75(88-40-33-29-25-21-17-13-4)67(49-73(66)84-9)63(55-80)41-58-47-71(86-38-31-27-23-19-15-11-2)60(46-69(58)82-7)43-61(53-78)65-50-74(87-39-32-28-24-20-16-12-3)64(56(5)52-77)48-72(65)83-8/h34-35,41-51H,5,10-33,37-40H2,1-4,6-9H3/b35-34+,61-43+,62-42+,63-41+. The smallest absolute Gasteiger partial charge is 0.128 e. The molecule has 0 fully saturated rings. The van der Waals surface area contributed by atoms with Crippen LogP contribution in [0.25, 0.3) is 46.6 Å². The molecule has 4 rings (SSSR count). The third kappa shape index (κ3) is 23.3. The molecule has 13 heteroatoms. The number of hydrogen-bond acceptors (Lipinski definition) is 13. The molecule has 0 radical (unpaired) electrons. The van der Waals surface area contributed by atoms with Crippen LogP contribution in [0, 0.1) is 56.7 Å². The summed E-state index contributed by atoms with van der Waals surface area (Å²) in [6, 6.07) is 25.6. The van der Waals surface area contributed by atoms with Gasteiger partial charge in [0.25, 0.3) is 0 Å². The maximum Gasteiger partial charge on any atom is 0.128 e. The summed E-state index contributed by atoms with van der Waals surface area (Å²) in [7, 11) is 6.14. The highest BCUT2D eigenvalue weighted by Crippen LogP contribution is 2.43. The van der Waals surface area contributed by atoms with E-state index in [9.17, 15) is 26.3 Å². The van der Waals surface area contributed by atoms with Gasteiger partial charge in [-0.05, 0) is 98.5 Å². The van der Waals surface area contributed by atoms with Gasteiger partial charge in [-0.25, -0.2) is 0 Å². The van der Waals surface area contributed by atoms with E-state index in [1.165, 1.54) is 52.4 Å². The van der Waals surface area contributed by atoms with Crippen LogP contribution in [0.15, 0.2) is 61.2 Å². The average Bonchev–Trinajstić information content (AvgIpc) is 1.47. The van der Waals surface area contributed by atoms with Crippen LogP contribution in [0.2, 0.25) is 0 Å². The van der Waals surface area contributed by atoms with E-state index in [2.05, 4.69) is 64.6 Å². The fraction of sp³-hybridized carbons (Fsp3) is 0.480. The van der Waals surface area contributed by atoms with Crippen LogP contribution in [-0.4, -0.2) is 54.9 Å². The second-order valence-corrected chi connectivity index (χ2v) is 21.9. The van der Waals surface area contributed by atoms with Crippen molar-refractivity contribution in [2.75, 3.05) is 54.9 Å². The monoisotopic (exact) mass is 1190 g/mol. The third-order valence-electron chi connectivity index (χ3n) is 15.3. The van der Waals surface area contributed by atoms with Gasteiger partial charge >= 0.3 is 0 Å². The highest BCUT2D eigenvalue weighted by atomic mass is 16.5. The first-order chi connectivity index (χ1) is 43.1. The first kappa shape index (κ1) is 71.9. The SMILES string of the molecule is C=C(C#N)c1cc(OC)c(/C(C#N)=C/c2cc(OC)c(/C=C(\C#N)c3cc(OC)c(/C(C#N)=C/c4cc(OC)c(/C=C/C#N)cc4OCCCCCCCC)cc3OCCCCCCCC)cc2OCCCCCCCC)cc1OCCCCCCCC. The van der Waals surface area contributed by atoms with Crippen LogP contribution >= 0.6 is 0 Å². The molecule has 0 bridgehead atoms. The van der Waals surface area contributed by atoms with Gasteiger partial charge in [-0.2, -0.15) is 26.3 Å². The van der Waals surface area contributed by atoms with Gasteiger partial charge in [0, 0.05) is 50.6 Å². The summed E-state index contributed by atoms with van der Waals surface area (Å²) in [6.07, 6.45) is 33.8. The summed E-state index contributed by atoms with van der Waals surface area (Å²) < 4.78 is 50.0. The minimum atomic E-state index is 0.208. The number of unbranched alkanes of at least 4 members (excludes halogenated alkanes) is 20. The lowest BCUT2D eigenvalue weighted by Gasteiger charge is -2.18. The number of allylic oxidation sites excluding steroid dienone is 5. The molecule has 0 saturated carbocycles. The molecule has 0 N–H and O–H groups in total. The Morgan fingerprint density at radius 1 is 0.341 bits per heavy atom. The van der Waals surface area contributed by atoms with E-state index in [4.69, 9.17) is 37.9 Å². The lowest BCUT2D eigenvalue weighted by atomic mass is 9.95. The van der Waals surface area contributed by atoms with Gasteiger partial charge in [-0.1, -0.05) is 163 Å². The van der Waals surface area contributed by atoms with E-state index in [0.717, 1.165) is 122 Å². The number of ether oxygens (including phenoxy) is 8. The van der Waals surface area contributed by atoms with Crippen LogP contribution in [0.5, 0.6) is 46.0 Å². The second-order valence-electron chi connectivity index (χ2n) is 21.9. The Morgan fingerprint density at radius 2 is 0.625 bits per heavy atom. The van der Waals surface area contributed by atoms with Gasteiger partial charge in [-0.15, -0.1) is 0 Å². The van der Waals surface area contributed by atoms with E-state index in [0.29, 0.717) is 117 Å². The molecule has 0 amide bonds. The minimum absolute atomic E-state index is 0.208. The van der Waals surface area contributed by atoms with Crippen molar-refractivity contribution in [3.8, 4) is 76.3 Å². The molecular weight excluding hydrogens is 1100 g/mol. The topological polar surface area (TPSA) is 193 Å². The fourth-order valence-corrected chi connectivity index (χ4v) is 10.2. The van der Waals surface area contributed by atoms with Crippen LogP contribution in [0.3, 0.4) is 0 Å². The van der Waals surface area contributed by atoms with E-state index >= 15 is 0 Å². The molecule has 13 nitrogen and oxygen atoms in total. The normalized spacial score (nSPS) is 11.5. The predicted molar refractivity (Wildman–Crippen MR) is 357 cm³/mol. The molecular formula is C75H95N5O8. The number of hydrogen-bond donors (Lipinski definition) is 0. The predicted octanol–water partition coefficient (Wildman–Crippen LogP) is 19.9. The summed E-state index contributed by atoms with van der Waals surface area (Å²) in [4.78, 5) is 0. The summed E-state index contributed by atoms with van der Waals surface area (Å²) >= 11 is 0. The van der Waals surface area contributed by atoms with E-state index in [-0.39, 0.29) is 22.3 Å². The molecule has 468 valence electrons. The number of benzene rings is 4. The zero-order chi connectivity index (χ0) is 63.7. The van der Waals surface area contributed by atoms with Gasteiger partial charge in [0.2, 0.25) is 0 Å². The highest BCUT2D eigenvalue weighted by Gasteiger charge is 2.23. The molecule has 0 aromatic heterocycles. The molecule has 4 aromatic carbocycles. The molecule has 0 aliphatic heterocycles. The fourth-order valence-electron chi connectivity index (χ4n) is 10.2. The number of methoxy groups -OCH3 is 4. The Labute approximate surface area is 527 Å². The van der Waals surface area contributed by atoms with Crippen LogP contribution in [0.4, 0.5) is 0 Å². The zero-order valence-electron chi connectivity index (χ0n) is 54.0. The molecule has 0 heterocycles. The van der Waals surface area contributed by atoms with Crippen LogP contribution < -0.4 is 37.9 Å². The second kappa shape index (κ2) is 42.3. The first-order valence-electron chi connectivity index (χ1n) is 32.0. The Balaban J connectivity index is 1.95. The molecule has 0 unspecified atom stereocenters. The van der Waals surface area contributed by atoms with E-state index < -0.39 is 0 Å². The zero-order valence-corrected chi connectivity index (χ0v) is 54.0. The Hall–Kier alpha value is -8.57. The van der Waals surface area contributed by atoms with Crippen molar-refractivity contribution >= 4 is 46.6 Å². The summed E-state index contributed by atoms with van der Waals surface area (Å²) in [5, 5.41) is 52.6. The lowest BCUT2D eigenvalue weighted by molar-refractivity contribution is 0.302. The lowest BCUT2D eigenvalue weighted by Crippen LogP contribution is -2.04. The Morgan fingerprint density at radius 3 is 0.977 bits per heavy atom. The van der Waals surface area contributed by atoms with Crippen molar-refractivity contribution in [2.24, 2.45) is 0 Å². The van der Waals surface area contributed by atoms with Crippen molar-refractivity contribution in [1.29, 1.82) is 26.3 Å². The number of rotatable bonds is 44. The quantitative estimate of drug-likeness (QED) is 0.0231. The maximum absolute atomic E-state index is 11.2. The molecule has 88 heavy (non-hydrogen) atoms. The van der Waals surface area contributed by atoms with Crippen LogP contribution in [0.1, 0.15) is 226 Å². The van der Waals surface area contributed by atoms with Crippen molar-refractivity contribution in [1.82, 2.24) is 0 Å². The van der Waals surface area contributed by atoms with Crippen molar-refractivity contribution in [3.05, 3.63) is 106 Å². The van der Waals surface area contributed by atoms with Crippen LogP contribution in [-0.2, 0) is 0 Å². The third-order valence-corrected chi connectivity index (χ3v) is 15.3. The molecule has 0 atom stereocenters. The highest BCUT2D eigenvalue weighted by molar-refractivity contribution is 5.99. The molecule has 0 spiro atoms. The number of nitriles is 5. The molecule has 4 aromatic rings. The van der Waals surface area contributed by atoms with Crippen molar-refractivity contribution < 1.29 is 37.9 Å². The summed E-state index contributed by atoms with van der Waals surface area (Å²) in [6.45, 7) is 14.4. The first-order valence-corrected chi connectivity index (χ1v) is 32.0. The van der Waals surface area contributed by atoms with E-state index in [1.807, 2.05) is 12.1 Å². The largest absolute Gasteiger partial charge is 0.496 e. The van der Waals surface area contributed by atoms with E-state index in [1.54, 1.807) is 74.9 Å². The van der Waals surface area contributed by atoms with Gasteiger partial charge in [0.1, 0.15) is 46.0 Å². The Kier molecular flexibility index (Phi) is 34.6. The van der Waals surface area contributed by atoms with Gasteiger partial charge in [0.05, 0.1) is 108 Å². The number of nitrogens with zero attached hydrogens (tertiary/aromatic N) is 5. The Bertz CT molecular complexity index is 3190. The molecule has 0 aliphatic rings. The minimum Gasteiger partial charge on any atom is -0.496 e. The molecule has 0 aliphatic carbocycles. The van der Waals surface area contributed by atoms with Gasteiger partial charge < -0.3 is 37.9 Å². The van der Waals surface area contributed by atoms with Crippen molar-refractivity contribution in [3.63, 3.8) is 0 Å². The van der Waals surface area contributed by atoms with Crippen molar-refractivity contribution in [2.45, 2.75) is 182 Å². The van der Waals surface area contributed by atoms with Gasteiger partial charge in [-0.3, -0.25) is 0 Å².